The minimum atomic E-state index is -0.517. The topological polar surface area (TPSA) is 84.2 Å². The molecule has 2 aromatic carbocycles. The van der Waals surface area contributed by atoms with E-state index in [0.717, 1.165) is 0 Å². The number of primary amides is 1. The third-order valence-electron chi connectivity index (χ3n) is 3.06. The summed E-state index contributed by atoms with van der Waals surface area (Å²) in [5.74, 6) is -0.755. The maximum atomic E-state index is 12.2. The summed E-state index contributed by atoms with van der Waals surface area (Å²) in [5, 5.41) is 6.23. The maximum absolute atomic E-state index is 12.2. The highest BCUT2D eigenvalue weighted by Gasteiger charge is 2.14. The van der Waals surface area contributed by atoms with Crippen molar-refractivity contribution >= 4 is 34.8 Å². The number of carbonyl (C=O) groups is 2. The molecule has 114 valence electrons. The second kappa shape index (κ2) is 6.95. The number of rotatable bonds is 5. The number of hydrogen-bond acceptors (Lipinski definition) is 3. The molecule has 4 N–H and O–H groups in total. The van der Waals surface area contributed by atoms with E-state index in [1.54, 1.807) is 55.5 Å². The highest BCUT2D eigenvalue weighted by Crippen LogP contribution is 2.21. The number of hydrogen-bond donors (Lipinski definition) is 3. The molecular weight excluding hydrogens is 302 g/mol. The Morgan fingerprint density at radius 2 is 1.86 bits per heavy atom. The van der Waals surface area contributed by atoms with Gasteiger partial charge < -0.3 is 16.4 Å². The van der Waals surface area contributed by atoms with Gasteiger partial charge in [-0.05, 0) is 37.3 Å². The molecule has 0 saturated carbocycles. The smallest absolute Gasteiger partial charge is 0.248 e. The molecule has 2 aromatic rings. The molecule has 0 spiro atoms. The van der Waals surface area contributed by atoms with Crippen molar-refractivity contribution in [2.45, 2.75) is 13.0 Å². The molecule has 0 aliphatic heterocycles. The lowest BCUT2D eigenvalue weighted by Gasteiger charge is -2.16. The van der Waals surface area contributed by atoms with E-state index in [1.807, 2.05) is 0 Å². The van der Waals surface area contributed by atoms with E-state index in [0.29, 0.717) is 22.0 Å². The number of carbonyl (C=O) groups excluding carboxylic acids is 2. The van der Waals surface area contributed by atoms with Crippen LogP contribution in [-0.2, 0) is 4.79 Å². The first-order chi connectivity index (χ1) is 10.5. The number of amides is 2. The molecule has 0 aromatic heterocycles. The fraction of sp³-hybridized carbons (Fsp3) is 0.125. The standard InChI is InChI=1S/C16H16ClN3O2/c1-10(16(22)20-14-8-3-2-7-13(14)17)19-12-6-4-5-11(9-12)15(18)21/h2-10,19H,1H3,(H2,18,21)(H,20,22). The maximum Gasteiger partial charge on any atom is 0.248 e. The van der Waals surface area contributed by atoms with Gasteiger partial charge in [0, 0.05) is 11.3 Å². The summed E-state index contributed by atoms with van der Waals surface area (Å²) in [6.07, 6.45) is 0. The second-order valence-electron chi connectivity index (χ2n) is 4.78. The molecule has 0 bridgehead atoms. The Kier molecular flexibility index (Phi) is 5.01. The van der Waals surface area contributed by atoms with Gasteiger partial charge in [-0.2, -0.15) is 0 Å². The highest BCUT2D eigenvalue weighted by atomic mass is 35.5. The lowest BCUT2D eigenvalue weighted by Crippen LogP contribution is -2.32. The zero-order valence-corrected chi connectivity index (χ0v) is 12.7. The van der Waals surface area contributed by atoms with Crippen LogP contribution in [-0.4, -0.2) is 17.9 Å². The lowest BCUT2D eigenvalue weighted by atomic mass is 10.1. The van der Waals surface area contributed by atoms with Gasteiger partial charge in [0.1, 0.15) is 6.04 Å². The van der Waals surface area contributed by atoms with Gasteiger partial charge in [-0.25, -0.2) is 0 Å². The van der Waals surface area contributed by atoms with Gasteiger partial charge in [0.25, 0.3) is 0 Å². The fourth-order valence-corrected chi connectivity index (χ4v) is 2.06. The van der Waals surface area contributed by atoms with Crippen molar-refractivity contribution in [3.8, 4) is 0 Å². The first-order valence-corrected chi connectivity index (χ1v) is 7.07. The largest absolute Gasteiger partial charge is 0.374 e. The van der Waals surface area contributed by atoms with Crippen LogP contribution in [0.1, 0.15) is 17.3 Å². The Balaban J connectivity index is 2.04. The molecule has 22 heavy (non-hydrogen) atoms. The molecule has 0 aliphatic carbocycles. The van der Waals surface area contributed by atoms with Gasteiger partial charge in [-0.15, -0.1) is 0 Å². The van der Waals surface area contributed by atoms with Gasteiger partial charge >= 0.3 is 0 Å². The number of nitrogens with two attached hydrogens (primary N) is 1. The average Bonchev–Trinajstić information content (AvgIpc) is 2.49. The van der Waals surface area contributed by atoms with Crippen molar-refractivity contribution in [2.75, 3.05) is 10.6 Å². The molecule has 0 heterocycles. The first-order valence-electron chi connectivity index (χ1n) is 6.69. The zero-order valence-electron chi connectivity index (χ0n) is 12.0. The summed E-state index contributed by atoms with van der Waals surface area (Å²) in [4.78, 5) is 23.3. The third-order valence-corrected chi connectivity index (χ3v) is 3.38. The van der Waals surface area contributed by atoms with Crippen molar-refractivity contribution in [2.24, 2.45) is 5.73 Å². The number of nitrogens with one attached hydrogen (secondary N) is 2. The summed E-state index contributed by atoms with van der Waals surface area (Å²) in [7, 11) is 0. The predicted octanol–water partition coefficient (Wildman–Crippen LogP) is 2.88. The molecule has 5 nitrogen and oxygen atoms in total. The quantitative estimate of drug-likeness (QED) is 0.792. The van der Waals surface area contributed by atoms with Gasteiger partial charge in [0.05, 0.1) is 10.7 Å². The number of benzene rings is 2. The predicted molar refractivity (Wildman–Crippen MR) is 88.1 cm³/mol. The minimum Gasteiger partial charge on any atom is -0.374 e. The summed E-state index contributed by atoms with van der Waals surface area (Å²) in [6, 6.07) is 13.1. The first kappa shape index (κ1) is 15.9. The summed E-state index contributed by atoms with van der Waals surface area (Å²) in [5.41, 5.74) is 6.80. The van der Waals surface area contributed by atoms with E-state index in [-0.39, 0.29) is 5.91 Å². The molecule has 6 heteroatoms. The van der Waals surface area contributed by atoms with Gasteiger partial charge in [0.2, 0.25) is 11.8 Å². The van der Waals surface area contributed by atoms with Crippen molar-refractivity contribution < 1.29 is 9.59 Å². The highest BCUT2D eigenvalue weighted by molar-refractivity contribution is 6.33. The second-order valence-corrected chi connectivity index (χ2v) is 5.19. The van der Waals surface area contributed by atoms with Crippen LogP contribution in [0.4, 0.5) is 11.4 Å². The van der Waals surface area contributed by atoms with Gasteiger partial charge in [0.15, 0.2) is 0 Å². The molecule has 1 unspecified atom stereocenters. The molecular formula is C16H16ClN3O2. The van der Waals surface area contributed by atoms with Gasteiger partial charge in [-0.1, -0.05) is 29.8 Å². The van der Waals surface area contributed by atoms with Crippen molar-refractivity contribution in [1.82, 2.24) is 0 Å². The van der Waals surface area contributed by atoms with Crippen LogP contribution in [0.15, 0.2) is 48.5 Å². The van der Waals surface area contributed by atoms with Crippen LogP contribution in [0.5, 0.6) is 0 Å². The molecule has 0 aliphatic rings. The van der Waals surface area contributed by atoms with E-state index >= 15 is 0 Å². The van der Waals surface area contributed by atoms with Crippen LogP contribution in [0.2, 0.25) is 5.02 Å². The van der Waals surface area contributed by atoms with Crippen LogP contribution < -0.4 is 16.4 Å². The van der Waals surface area contributed by atoms with E-state index in [9.17, 15) is 9.59 Å². The van der Waals surface area contributed by atoms with Crippen molar-refractivity contribution in [3.63, 3.8) is 0 Å². The van der Waals surface area contributed by atoms with Crippen molar-refractivity contribution in [3.05, 3.63) is 59.1 Å². The number of para-hydroxylation sites is 1. The minimum absolute atomic E-state index is 0.238. The van der Waals surface area contributed by atoms with Gasteiger partial charge in [-0.3, -0.25) is 9.59 Å². The Morgan fingerprint density at radius 1 is 1.14 bits per heavy atom. The Morgan fingerprint density at radius 3 is 2.55 bits per heavy atom. The molecule has 0 radical (unpaired) electrons. The normalized spacial score (nSPS) is 11.5. The molecule has 2 amide bonds. The summed E-state index contributed by atoms with van der Waals surface area (Å²) >= 11 is 6.00. The molecule has 0 fully saturated rings. The fourth-order valence-electron chi connectivity index (χ4n) is 1.88. The molecule has 1 atom stereocenters. The van der Waals surface area contributed by atoms with Crippen LogP contribution in [0.3, 0.4) is 0 Å². The Labute approximate surface area is 133 Å². The number of halogens is 1. The zero-order chi connectivity index (χ0) is 16.1. The third kappa shape index (κ3) is 3.99. The van der Waals surface area contributed by atoms with E-state index in [4.69, 9.17) is 17.3 Å². The Bertz CT molecular complexity index is 703. The van der Waals surface area contributed by atoms with Crippen LogP contribution >= 0.6 is 11.6 Å². The summed E-state index contributed by atoms with van der Waals surface area (Å²) < 4.78 is 0. The number of anilines is 2. The van der Waals surface area contributed by atoms with Crippen LogP contribution in [0.25, 0.3) is 0 Å². The Hall–Kier alpha value is -2.53. The van der Waals surface area contributed by atoms with Crippen LogP contribution in [0, 0.1) is 0 Å². The lowest BCUT2D eigenvalue weighted by molar-refractivity contribution is -0.116. The van der Waals surface area contributed by atoms with E-state index in [1.165, 1.54) is 0 Å². The average molecular weight is 318 g/mol. The SMILES string of the molecule is CC(Nc1cccc(C(N)=O)c1)C(=O)Nc1ccccc1Cl. The monoisotopic (exact) mass is 317 g/mol. The molecule has 0 saturated heterocycles. The summed E-state index contributed by atoms with van der Waals surface area (Å²) in [6.45, 7) is 1.71. The molecule has 2 rings (SSSR count). The van der Waals surface area contributed by atoms with E-state index in [2.05, 4.69) is 10.6 Å². The van der Waals surface area contributed by atoms with Crippen molar-refractivity contribution in [1.29, 1.82) is 0 Å². The van der Waals surface area contributed by atoms with E-state index < -0.39 is 11.9 Å².